The van der Waals surface area contributed by atoms with E-state index < -0.39 is 23.7 Å². The standard InChI is InChI=1S/C25H38N2O5/c1-4-26-23(31)32-21-12-13-24(2)18(19(29)10-11-20(24)25(21,3)16-28)14-22(30)27-15-17-8-6-5-7-9-17/h5-9,18-21,28-29H,4,10-16H2,1-3H3,(H,26,31)(H,27,30)/t18-,19-,20+,21-,24+,25+/m1/s1. The summed E-state index contributed by atoms with van der Waals surface area (Å²) >= 11 is 0. The highest BCUT2D eigenvalue weighted by atomic mass is 16.6. The van der Waals surface area contributed by atoms with Crippen LogP contribution in [0.1, 0.15) is 58.4 Å². The molecule has 2 aliphatic rings. The van der Waals surface area contributed by atoms with E-state index in [1.807, 2.05) is 44.2 Å². The quantitative estimate of drug-likeness (QED) is 0.515. The lowest BCUT2D eigenvalue weighted by Crippen LogP contribution is -2.61. The number of nitrogens with one attached hydrogen (secondary N) is 2. The van der Waals surface area contributed by atoms with Crippen molar-refractivity contribution in [2.24, 2.45) is 22.7 Å². The monoisotopic (exact) mass is 446 g/mol. The van der Waals surface area contributed by atoms with Crippen molar-refractivity contribution in [1.29, 1.82) is 0 Å². The number of ether oxygens (including phenoxy) is 1. The summed E-state index contributed by atoms with van der Waals surface area (Å²) in [6.07, 6.45) is 1.42. The fourth-order valence-electron chi connectivity index (χ4n) is 6.16. The summed E-state index contributed by atoms with van der Waals surface area (Å²) in [4.78, 5) is 24.9. The Hall–Kier alpha value is -2.12. The van der Waals surface area contributed by atoms with Crippen LogP contribution in [0, 0.1) is 22.7 Å². The Balaban J connectivity index is 1.73. The van der Waals surface area contributed by atoms with E-state index in [1.165, 1.54) is 0 Å². The van der Waals surface area contributed by atoms with Gasteiger partial charge >= 0.3 is 6.09 Å². The van der Waals surface area contributed by atoms with E-state index in [2.05, 4.69) is 17.6 Å². The second-order valence-electron chi connectivity index (χ2n) is 9.90. The van der Waals surface area contributed by atoms with Crippen molar-refractivity contribution in [2.45, 2.75) is 71.6 Å². The Labute approximate surface area is 190 Å². The minimum atomic E-state index is -0.628. The van der Waals surface area contributed by atoms with Crippen LogP contribution >= 0.6 is 0 Å². The first kappa shape index (κ1) is 24.5. The molecule has 2 amide bonds. The predicted octanol–water partition coefficient (Wildman–Crippen LogP) is 2.99. The number of alkyl carbamates (subject to hydrolysis) is 1. The van der Waals surface area contributed by atoms with Crippen LogP contribution in [0.5, 0.6) is 0 Å². The average Bonchev–Trinajstić information content (AvgIpc) is 2.78. The van der Waals surface area contributed by atoms with Gasteiger partial charge < -0.3 is 25.6 Å². The van der Waals surface area contributed by atoms with E-state index in [9.17, 15) is 19.8 Å². The first-order chi connectivity index (χ1) is 15.2. The number of benzene rings is 1. The minimum Gasteiger partial charge on any atom is -0.446 e. The Morgan fingerprint density at radius 3 is 2.50 bits per heavy atom. The molecule has 0 radical (unpaired) electrons. The van der Waals surface area contributed by atoms with Gasteiger partial charge in [0.05, 0.1) is 12.7 Å². The van der Waals surface area contributed by atoms with Gasteiger partial charge in [0.25, 0.3) is 0 Å². The molecule has 0 aromatic heterocycles. The lowest BCUT2D eigenvalue weighted by molar-refractivity contribution is -0.185. The summed E-state index contributed by atoms with van der Waals surface area (Å²) in [7, 11) is 0. The highest BCUT2D eigenvalue weighted by molar-refractivity contribution is 5.76. The highest BCUT2D eigenvalue weighted by Crippen LogP contribution is 2.61. The maximum atomic E-state index is 12.8. The maximum Gasteiger partial charge on any atom is 0.407 e. The fraction of sp³-hybridized carbons (Fsp3) is 0.680. The molecule has 0 saturated heterocycles. The molecule has 7 nitrogen and oxygen atoms in total. The molecule has 4 N–H and O–H groups in total. The number of hydrogen-bond donors (Lipinski definition) is 4. The van der Waals surface area contributed by atoms with Gasteiger partial charge in [-0.25, -0.2) is 4.79 Å². The molecule has 0 heterocycles. The molecule has 1 aromatic rings. The van der Waals surface area contributed by atoms with Crippen LogP contribution < -0.4 is 10.6 Å². The molecule has 0 aliphatic heterocycles. The average molecular weight is 447 g/mol. The minimum absolute atomic E-state index is 0.0310. The first-order valence-electron chi connectivity index (χ1n) is 11.8. The summed E-state index contributed by atoms with van der Waals surface area (Å²) in [5.41, 5.74) is 0.0714. The second kappa shape index (κ2) is 10.2. The summed E-state index contributed by atoms with van der Waals surface area (Å²) in [6.45, 7) is 6.77. The van der Waals surface area contributed by atoms with Gasteiger partial charge in [-0.3, -0.25) is 4.79 Å². The zero-order valence-corrected chi connectivity index (χ0v) is 19.5. The molecule has 0 unspecified atom stereocenters. The van der Waals surface area contributed by atoms with Crippen LogP contribution in [-0.2, 0) is 16.1 Å². The van der Waals surface area contributed by atoms with Crippen molar-refractivity contribution in [3.8, 4) is 0 Å². The fourth-order valence-corrected chi connectivity index (χ4v) is 6.16. The molecule has 178 valence electrons. The topological polar surface area (TPSA) is 108 Å². The van der Waals surface area contributed by atoms with Gasteiger partial charge in [-0.1, -0.05) is 44.2 Å². The lowest BCUT2D eigenvalue weighted by atomic mass is 9.46. The summed E-state index contributed by atoms with van der Waals surface area (Å²) < 4.78 is 5.71. The van der Waals surface area contributed by atoms with Crippen molar-refractivity contribution in [3.05, 3.63) is 35.9 Å². The van der Waals surface area contributed by atoms with Gasteiger partial charge in [0.1, 0.15) is 6.10 Å². The van der Waals surface area contributed by atoms with Crippen molar-refractivity contribution >= 4 is 12.0 Å². The molecule has 32 heavy (non-hydrogen) atoms. The third-order valence-electron chi connectivity index (χ3n) is 7.98. The Morgan fingerprint density at radius 1 is 1.12 bits per heavy atom. The third kappa shape index (κ3) is 4.94. The maximum absolute atomic E-state index is 12.8. The normalized spacial score (nSPS) is 34.3. The van der Waals surface area contributed by atoms with Crippen LogP contribution in [0.25, 0.3) is 0 Å². The van der Waals surface area contributed by atoms with Crippen molar-refractivity contribution in [1.82, 2.24) is 10.6 Å². The Bertz CT molecular complexity index is 788. The number of aliphatic hydroxyl groups excluding tert-OH is 2. The smallest absolute Gasteiger partial charge is 0.407 e. The van der Waals surface area contributed by atoms with E-state index >= 15 is 0 Å². The van der Waals surface area contributed by atoms with Gasteiger partial charge in [0, 0.05) is 24.9 Å². The first-order valence-corrected chi connectivity index (χ1v) is 11.8. The number of fused-ring (bicyclic) bond motifs is 1. The van der Waals surface area contributed by atoms with Crippen molar-refractivity contribution < 1.29 is 24.5 Å². The third-order valence-corrected chi connectivity index (χ3v) is 7.98. The number of rotatable bonds is 7. The molecule has 2 saturated carbocycles. The molecule has 2 aliphatic carbocycles. The van der Waals surface area contributed by atoms with Crippen LogP contribution in [0.15, 0.2) is 30.3 Å². The zero-order valence-electron chi connectivity index (χ0n) is 19.5. The molecule has 3 rings (SSSR count). The Morgan fingerprint density at radius 2 is 1.84 bits per heavy atom. The molecule has 6 atom stereocenters. The van der Waals surface area contributed by atoms with Crippen LogP contribution in [0.2, 0.25) is 0 Å². The van der Waals surface area contributed by atoms with Crippen molar-refractivity contribution in [3.63, 3.8) is 0 Å². The second-order valence-corrected chi connectivity index (χ2v) is 9.90. The molecular formula is C25H38N2O5. The Kier molecular flexibility index (Phi) is 7.83. The van der Waals surface area contributed by atoms with Gasteiger partial charge in [-0.15, -0.1) is 0 Å². The highest BCUT2D eigenvalue weighted by Gasteiger charge is 2.60. The molecule has 0 bridgehead atoms. The van der Waals surface area contributed by atoms with Gasteiger partial charge in [-0.2, -0.15) is 0 Å². The molecule has 7 heteroatoms. The van der Waals surface area contributed by atoms with Crippen LogP contribution in [0.4, 0.5) is 4.79 Å². The summed E-state index contributed by atoms with van der Waals surface area (Å²) in [5.74, 6) is -0.261. The van der Waals surface area contributed by atoms with Gasteiger partial charge in [-0.05, 0) is 55.4 Å². The number of carbonyl (C=O) groups excluding carboxylic acids is 2. The van der Waals surface area contributed by atoms with E-state index in [1.54, 1.807) is 0 Å². The van der Waals surface area contributed by atoms with Crippen LogP contribution in [-0.4, -0.2) is 47.6 Å². The predicted molar refractivity (Wildman–Crippen MR) is 122 cm³/mol. The largest absolute Gasteiger partial charge is 0.446 e. The number of hydrogen-bond acceptors (Lipinski definition) is 5. The summed E-state index contributed by atoms with van der Waals surface area (Å²) in [5, 5.41) is 27.0. The SMILES string of the molecule is CCNC(=O)O[C@@H]1CC[C@]2(C)[C@H](CC[C@@H](O)[C@H]2CC(=O)NCc2ccccc2)[C@]1(C)CO. The number of carbonyl (C=O) groups is 2. The van der Waals surface area contributed by atoms with E-state index in [0.717, 1.165) is 18.4 Å². The number of aliphatic hydroxyl groups is 2. The van der Waals surface area contributed by atoms with Crippen molar-refractivity contribution in [2.75, 3.05) is 13.2 Å². The van der Waals surface area contributed by atoms with Gasteiger partial charge in [0.2, 0.25) is 5.91 Å². The lowest BCUT2D eigenvalue weighted by Gasteiger charge is -2.60. The van der Waals surface area contributed by atoms with Gasteiger partial charge in [0.15, 0.2) is 0 Å². The summed E-state index contributed by atoms with van der Waals surface area (Å²) in [6, 6.07) is 9.75. The number of amides is 2. The molecule has 2 fully saturated rings. The van der Waals surface area contributed by atoms with E-state index in [4.69, 9.17) is 4.74 Å². The molecular weight excluding hydrogens is 408 g/mol. The van der Waals surface area contributed by atoms with Crippen LogP contribution in [0.3, 0.4) is 0 Å². The van der Waals surface area contributed by atoms with E-state index in [-0.39, 0.29) is 36.2 Å². The zero-order chi connectivity index (χ0) is 23.4. The van der Waals surface area contributed by atoms with E-state index in [0.29, 0.717) is 25.9 Å². The molecule has 0 spiro atoms. The molecule has 1 aromatic carbocycles.